The monoisotopic (exact) mass is 198 g/mol. The maximum absolute atomic E-state index is 11.5. The van der Waals surface area contributed by atoms with Crippen LogP contribution in [0.15, 0.2) is 0 Å². The fourth-order valence-corrected chi connectivity index (χ4v) is 1.64. The van der Waals surface area contributed by atoms with Crippen molar-refractivity contribution in [3.05, 3.63) is 0 Å². The Balaban J connectivity index is 2.26. The predicted molar refractivity (Wildman–Crippen MR) is 53.7 cm³/mol. The van der Waals surface area contributed by atoms with E-state index in [4.69, 9.17) is 0 Å². The highest BCUT2D eigenvalue weighted by Crippen LogP contribution is 2.10. The number of amides is 2. The lowest BCUT2D eigenvalue weighted by Gasteiger charge is -2.20. The summed E-state index contributed by atoms with van der Waals surface area (Å²) in [6, 6.07) is 0. The van der Waals surface area contributed by atoms with Crippen LogP contribution in [0.25, 0.3) is 0 Å². The molecule has 0 unspecified atom stereocenters. The molecule has 1 aliphatic heterocycles. The molecule has 1 saturated heterocycles. The molecule has 1 rings (SSSR count). The lowest BCUT2D eigenvalue weighted by molar-refractivity contribution is -0.131. The SMILES string of the molecule is CC(=O)NCCN1CCCCCC1=O. The number of likely N-dealkylation sites (tertiary alicyclic amines) is 1. The molecule has 80 valence electrons. The molecule has 0 aliphatic carbocycles. The molecule has 14 heavy (non-hydrogen) atoms. The van der Waals surface area contributed by atoms with Crippen molar-refractivity contribution in [2.24, 2.45) is 0 Å². The first-order valence-corrected chi connectivity index (χ1v) is 5.22. The van der Waals surface area contributed by atoms with Gasteiger partial charge in [0, 0.05) is 33.0 Å². The van der Waals surface area contributed by atoms with Gasteiger partial charge in [0.1, 0.15) is 0 Å². The summed E-state index contributed by atoms with van der Waals surface area (Å²) in [4.78, 5) is 24.0. The summed E-state index contributed by atoms with van der Waals surface area (Å²) in [6.07, 6.45) is 3.91. The maximum Gasteiger partial charge on any atom is 0.222 e. The summed E-state index contributed by atoms with van der Waals surface area (Å²) >= 11 is 0. The van der Waals surface area contributed by atoms with Gasteiger partial charge in [-0.05, 0) is 12.8 Å². The summed E-state index contributed by atoms with van der Waals surface area (Å²) in [5.41, 5.74) is 0. The van der Waals surface area contributed by atoms with E-state index >= 15 is 0 Å². The number of hydrogen-bond acceptors (Lipinski definition) is 2. The van der Waals surface area contributed by atoms with E-state index in [0.29, 0.717) is 19.5 Å². The molecule has 0 radical (unpaired) electrons. The standard InChI is InChI=1S/C10H18N2O2/c1-9(13)11-6-8-12-7-4-2-3-5-10(12)14/h2-8H2,1H3,(H,11,13). The topological polar surface area (TPSA) is 49.4 Å². The van der Waals surface area contributed by atoms with Gasteiger partial charge in [-0.3, -0.25) is 9.59 Å². The van der Waals surface area contributed by atoms with Crippen molar-refractivity contribution in [3.63, 3.8) is 0 Å². The van der Waals surface area contributed by atoms with Crippen molar-refractivity contribution >= 4 is 11.8 Å². The van der Waals surface area contributed by atoms with Gasteiger partial charge in [-0.25, -0.2) is 0 Å². The summed E-state index contributed by atoms with van der Waals surface area (Å²) in [6.45, 7) is 3.56. The quantitative estimate of drug-likeness (QED) is 0.719. The molecule has 1 N–H and O–H groups in total. The summed E-state index contributed by atoms with van der Waals surface area (Å²) in [7, 11) is 0. The van der Waals surface area contributed by atoms with E-state index in [1.165, 1.54) is 6.92 Å². The van der Waals surface area contributed by atoms with Crippen LogP contribution >= 0.6 is 0 Å². The zero-order chi connectivity index (χ0) is 10.4. The van der Waals surface area contributed by atoms with Crippen LogP contribution in [0.2, 0.25) is 0 Å². The summed E-state index contributed by atoms with van der Waals surface area (Å²) in [5.74, 6) is 0.195. The molecule has 4 nitrogen and oxygen atoms in total. The lowest BCUT2D eigenvalue weighted by Crippen LogP contribution is -2.37. The smallest absolute Gasteiger partial charge is 0.222 e. The highest BCUT2D eigenvalue weighted by Gasteiger charge is 2.15. The van der Waals surface area contributed by atoms with Crippen molar-refractivity contribution in [2.75, 3.05) is 19.6 Å². The van der Waals surface area contributed by atoms with Gasteiger partial charge in [0.15, 0.2) is 0 Å². The predicted octanol–water partition coefficient (Wildman–Crippen LogP) is 0.525. The number of carbonyl (C=O) groups excluding carboxylic acids is 2. The van der Waals surface area contributed by atoms with Crippen LogP contribution in [0.3, 0.4) is 0 Å². The van der Waals surface area contributed by atoms with Crippen LogP contribution in [0, 0.1) is 0 Å². The zero-order valence-corrected chi connectivity index (χ0v) is 8.71. The Morgan fingerprint density at radius 1 is 1.43 bits per heavy atom. The first kappa shape index (κ1) is 11.0. The molecule has 1 heterocycles. The van der Waals surface area contributed by atoms with Crippen molar-refractivity contribution in [2.45, 2.75) is 32.6 Å². The molecule has 0 aromatic heterocycles. The molecule has 2 amide bonds. The number of rotatable bonds is 3. The molecule has 4 heteroatoms. The lowest BCUT2D eigenvalue weighted by atomic mass is 10.2. The third-order valence-electron chi connectivity index (χ3n) is 2.43. The first-order valence-electron chi connectivity index (χ1n) is 5.22. The van der Waals surface area contributed by atoms with Crippen LogP contribution in [0.5, 0.6) is 0 Å². The molecule has 1 aliphatic rings. The normalized spacial score (nSPS) is 17.8. The van der Waals surface area contributed by atoms with Crippen LogP contribution in [-0.2, 0) is 9.59 Å². The Morgan fingerprint density at radius 2 is 2.21 bits per heavy atom. The van der Waals surface area contributed by atoms with E-state index in [1.807, 2.05) is 4.90 Å². The largest absolute Gasteiger partial charge is 0.355 e. The van der Waals surface area contributed by atoms with Crippen molar-refractivity contribution in [1.29, 1.82) is 0 Å². The van der Waals surface area contributed by atoms with E-state index in [-0.39, 0.29) is 11.8 Å². The molecule has 0 aromatic rings. The van der Waals surface area contributed by atoms with Gasteiger partial charge in [-0.15, -0.1) is 0 Å². The molecule has 0 bridgehead atoms. The Bertz CT molecular complexity index is 216. The molecule has 0 atom stereocenters. The number of nitrogens with one attached hydrogen (secondary N) is 1. The average molecular weight is 198 g/mol. The maximum atomic E-state index is 11.5. The van der Waals surface area contributed by atoms with Gasteiger partial charge in [-0.1, -0.05) is 6.42 Å². The molecule has 0 saturated carbocycles. The molecular formula is C10H18N2O2. The van der Waals surface area contributed by atoms with Gasteiger partial charge < -0.3 is 10.2 Å². The van der Waals surface area contributed by atoms with Crippen LogP contribution in [0.1, 0.15) is 32.6 Å². The van der Waals surface area contributed by atoms with E-state index < -0.39 is 0 Å². The van der Waals surface area contributed by atoms with Gasteiger partial charge in [0.25, 0.3) is 0 Å². The Kier molecular flexibility index (Phi) is 4.43. The van der Waals surface area contributed by atoms with E-state index in [0.717, 1.165) is 25.8 Å². The van der Waals surface area contributed by atoms with Gasteiger partial charge in [0.05, 0.1) is 0 Å². The third-order valence-corrected chi connectivity index (χ3v) is 2.43. The minimum absolute atomic E-state index is 0.0349. The van der Waals surface area contributed by atoms with Crippen LogP contribution in [0.4, 0.5) is 0 Å². The second-order valence-electron chi connectivity index (χ2n) is 3.67. The average Bonchev–Trinajstić information content (AvgIpc) is 2.31. The Morgan fingerprint density at radius 3 is 2.93 bits per heavy atom. The molecular weight excluding hydrogens is 180 g/mol. The Labute approximate surface area is 84.7 Å². The minimum Gasteiger partial charge on any atom is -0.355 e. The minimum atomic E-state index is -0.0349. The second kappa shape index (κ2) is 5.62. The Hall–Kier alpha value is -1.06. The second-order valence-corrected chi connectivity index (χ2v) is 3.67. The number of carbonyl (C=O) groups is 2. The van der Waals surface area contributed by atoms with Crippen molar-refractivity contribution < 1.29 is 9.59 Å². The molecule has 1 fully saturated rings. The van der Waals surface area contributed by atoms with Gasteiger partial charge in [-0.2, -0.15) is 0 Å². The van der Waals surface area contributed by atoms with Crippen LogP contribution < -0.4 is 5.32 Å². The number of hydrogen-bond donors (Lipinski definition) is 1. The summed E-state index contributed by atoms with van der Waals surface area (Å²) in [5, 5.41) is 2.70. The highest BCUT2D eigenvalue weighted by atomic mass is 16.2. The highest BCUT2D eigenvalue weighted by molar-refractivity contribution is 5.76. The van der Waals surface area contributed by atoms with E-state index in [1.54, 1.807) is 0 Å². The fraction of sp³-hybridized carbons (Fsp3) is 0.800. The molecule has 0 spiro atoms. The van der Waals surface area contributed by atoms with Crippen LogP contribution in [-0.4, -0.2) is 36.3 Å². The zero-order valence-electron chi connectivity index (χ0n) is 8.71. The number of nitrogens with zero attached hydrogens (tertiary/aromatic N) is 1. The van der Waals surface area contributed by atoms with Crippen molar-refractivity contribution in [1.82, 2.24) is 10.2 Å². The molecule has 0 aromatic carbocycles. The van der Waals surface area contributed by atoms with Crippen molar-refractivity contribution in [3.8, 4) is 0 Å². The summed E-state index contributed by atoms with van der Waals surface area (Å²) < 4.78 is 0. The van der Waals surface area contributed by atoms with Gasteiger partial charge >= 0.3 is 0 Å². The first-order chi connectivity index (χ1) is 6.70. The third kappa shape index (κ3) is 3.77. The van der Waals surface area contributed by atoms with Gasteiger partial charge in [0.2, 0.25) is 11.8 Å². The van der Waals surface area contributed by atoms with E-state index in [9.17, 15) is 9.59 Å². The fourth-order valence-electron chi connectivity index (χ4n) is 1.64. The van der Waals surface area contributed by atoms with E-state index in [2.05, 4.69) is 5.32 Å².